The van der Waals surface area contributed by atoms with Gasteiger partial charge in [-0.15, -0.1) is 0 Å². The van der Waals surface area contributed by atoms with Gasteiger partial charge in [0.05, 0.1) is 11.5 Å². The Morgan fingerprint density at radius 1 is 1.50 bits per heavy atom. The Morgan fingerprint density at radius 2 is 2.25 bits per heavy atom. The molecule has 1 aromatic rings. The van der Waals surface area contributed by atoms with E-state index in [1.54, 1.807) is 0 Å². The van der Waals surface area contributed by atoms with Crippen molar-refractivity contribution < 1.29 is 0 Å². The Hall–Kier alpha value is -1.31. The summed E-state index contributed by atoms with van der Waals surface area (Å²) in [5.41, 5.74) is 7.75. The van der Waals surface area contributed by atoms with E-state index in [-0.39, 0.29) is 0 Å². The van der Waals surface area contributed by atoms with Crippen molar-refractivity contribution in [1.82, 2.24) is 0 Å². The molecule has 12 heavy (non-hydrogen) atoms. The summed E-state index contributed by atoms with van der Waals surface area (Å²) in [6, 6.07) is 8.00. The van der Waals surface area contributed by atoms with Crippen LogP contribution in [0.2, 0.25) is 0 Å². The van der Waals surface area contributed by atoms with Crippen molar-refractivity contribution in [3.8, 4) is 0 Å². The summed E-state index contributed by atoms with van der Waals surface area (Å²) in [4.78, 5) is 4.23. The van der Waals surface area contributed by atoms with Crippen LogP contribution in [0.5, 0.6) is 0 Å². The summed E-state index contributed by atoms with van der Waals surface area (Å²) < 4.78 is 0. The molecule has 1 rings (SSSR count). The van der Waals surface area contributed by atoms with Crippen LogP contribution in [0.25, 0.3) is 0 Å². The fourth-order valence-electron chi connectivity index (χ4n) is 0.942. The van der Waals surface area contributed by atoms with Crippen molar-refractivity contribution in [2.75, 3.05) is 0 Å². The van der Waals surface area contributed by atoms with Crippen molar-refractivity contribution in [2.24, 2.45) is 10.7 Å². The number of amidine groups is 1. The maximum Gasteiger partial charge on any atom is 0.0993 e. The molecular formula is C10H14N2. The molecule has 0 amide bonds. The van der Waals surface area contributed by atoms with Crippen LogP contribution in [-0.2, 0) is 0 Å². The zero-order chi connectivity index (χ0) is 8.97. The summed E-state index contributed by atoms with van der Waals surface area (Å²) in [5, 5.41) is 0. The molecule has 0 aliphatic carbocycles. The number of nitrogens with two attached hydrogens (primary N) is 1. The largest absolute Gasteiger partial charge is 0.387 e. The smallest absolute Gasteiger partial charge is 0.0993 e. The van der Waals surface area contributed by atoms with Crippen LogP contribution in [0.1, 0.15) is 18.9 Å². The predicted octanol–water partition coefficient (Wildman–Crippen LogP) is 2.39. The average Bonchev–Trinajstić information content (AvgIpc) is 2.04. The highest BCUT2D eigenvalue weighted by molar-refractivity contribution is 5.82. The number of aryl methyl sites for hydroxylation is 1. The summed E-state index contributed by atoms with van der Waals surface area (Å²) in [5.74, 6) is 0.681. The standard InChI is InChI=1S/C10H14N2/c1-3-10(11)12-9-6-4-5-8(2)7-9/h4-7H,3H2,1-2H3,(H2,11,12). The van der Waals surface area contributed by atoms with Crippen molar-refractivity contribution in [1.29, 1.82) is 0 Å². The van der Waals surface area contributed by atoms with Crippen molar-refractivity contribution in [3.05, 3.63) is 29.8 Å². The summed E-state index contributed by atoms with van der Waals surface area (Å²) in [7, 11) is 0. The first-order valence-electron chi connectivity index (χ1n) is 4.12. The second-order valence-corrected chi connectivity index (χ2v) is 2.80. The maximum absolute atomic E-state index is 5.61. The molecule has 2 nitrogen and oxygen atoms in total. The zero-order valence-corrected chi connectivity index (χ0v) is 7.54. The van der Waals surface area contributed by atoms with Crippen LogP contribution in [0.15, 0.2) is 29.3 Å². The molecule has 2 N–H and O–H groups in total. The molecule has 0 radical (unpaired) electrons. The van der Waals surface area contributed by atoms with E-state index in [4.69, 9.17) is 5.73 Å². The third kappa shape index (κ3) is 2.38. The van der Waals surface area contributed by atoms with E-state index < -0.39 is 0 Å². The second kappa shape index (κ2) is 3.90. The first-order chi connectivity index (χ1) is 5.72. The van der Waals surface area contributed by atoms with Crippen LogP contribution < -0.4 is 5.73 Å². The SMILES string of the molecule is CCC(N)=Nc1cccc(C)c1. The number of rotatable bonds is 2. The van der Waals surface area contributed by atoms with E-state index in [1.807, 2.05) is 38.1 Å². The second-order valence-electron chi connectivity index (χ2n) is 2.80. The van der Waals surface area contributed by atoms with Gasteiger partial charge in [-0.25, -0.2) is 4.99 Å². The van der Waals surface area contributed by atoms with Gasteiger partial charge >= 0.3 is 0 Å². The minimum absolute atomic E-state index is 0.681. The zero-order valence-electron chi connectivity index (χ0n) is 7.54. The van der Waals surface area contributed by atoms with E-state index in [1.165, 1.54) is 5.56 Å². The normalized spacial score (nSPS) is 11.7. The van der Waals surface area contributed by atoms with Gasteiger partial charge in [-0.05, 0) is 24.6 Å². The Labute approximate surface area is 73.1 Å². The van der Waals surface area contributed by atoms with Gasteiger partial charge in [-0.2, -0.15) is 0 Å². The molecule has 0 aromatic heterocycles. The predicted molar refractivity (Wildman–Crippen MR) is 52.8 cm³/mol. The minimum atomic E-state index is 0.681. The highest BCUT2D eigenvalue weighted by Crippen LogP contribution is 2.13. The number of aliphatic imine (C=N–C) groups is 1. The number of hydrogen-bond donors (Lipinski definition) is 1. The van der Waals surface area contributed by atoms with Gasteiger partial charge < -0.3 is 5.73 Å². The first-order valence-corrected chi connectivity index (χ1v) is 4.12. The van der Waals surface area contributed by atoms with Gasteiger partial charge in [0, 0.05) is 6.42 Å². The van der Waals surface area contributed by atoms with Crippen LogP contribution in [0, 0.1) is 6.92 Å². The molecule has 0 fully saturated rings. The average molecular weight is 162 g/mol. The summed E-state index contributed by atoms with van der Waals surface area (Å²) in [6.07, 6.45) is 0.800. The Balaban J connectivity index is 2.89. The first kappa shape index (κ1) is 8.78. The van der Waals surface area contributed by atoms with Crippen LogP contribution in [0.4, 0.5) is 5.69 Å². The van der Waals surface area contributed by atoms with E-state index >= 15 is 0 Å². The van der Waals surface area contributed by atoms with Crippen molar-refractivity contribution in [3.63, 3.8) is 0 Å². The number of hydrogen-bond acceptors (Lipinski definition) is 1. The van der Waals surface area contributed by atoms with E-state index in [0.717, 1.165) is 12.1 Å². The Kier molecular flexibility index (Phi) is 2.86. The van der Waals surface area contributed by atoms with Gasteiger partial charge in [-0.1, -0.05) is 19.1 Å². The Bertz CT molecular complexity index is 290. The molecule has 0 unspecified atom stereocenters. The lowest BCUT2D eigenvalue weighted by molar-refractivity contribution is 1.23. The molecule has 0 aliphatic rings. The molecule has 2 heteroatoms. The molecular weight excluding hydrogens is 148 g/mol. The van der Waals surface area contributed by atoms with Crippen molar-refractivity contribution >= 4 is 11.5 Å². The number of nitrogens with zero attached hydrogens (tertiary/aromatic N) is 1. The minimum Gasteiger partial charge on any atom is -0.387 e. The highest BCUT2D eigenvalue weighted by atomic mass is 14.8. The molecule has 0 bridgehead atoms. The monoisotopic (exact) mass is 162 g/mol. The number of benzene rings is 1. The summed E-state index contributed by atoms with van der Waals surface area (Å²) >= 11 is 0. The van der Waals surface area contributed by atoms with E-state index in [0.29, 0.717) is 5.84 Å². The molecule has 1 aromatic carbocycles. The van der Waals surface area contributed by atoms with Gasteiger partial charge in [-0.3, -0.25) is 0 Å². The lowest BCUT2D eigenvalue weighted by Gasteiger charge is -1.97. The maximum atomic E-state index is 5.61. The molecule has 0 atom stereocenters. The molecule has 0 saturated heterocycles. The molecule has 64 valence electrons. The lowest BCUT2D eigenvalue weighted by atomic mass is 10.2. The van der Waals surface area contributed by atoms with Crippen molar-refractivity contribution in [2.45, 2.75) is 20.3 Å². The fraction of sp³-hybridized carbons (Fsp3) is 0.300. The molecule has 0 saturated carbocycles. The van der Waals surface area contributed by atoms with Gasteiger partial charge in [0.15, 0.2) is 0 Å². The van der Waals surface area contributed by atoms with Crippen LogP contribution in [-0.4, -0.2) is 5.84 Å². The highest BCUT2D eigenvalue weighted by Gasteiger charge is 1.90. The molecule has 0 heterocycles. The van der Waals surface area contributed by atoms with E-state index in [9.17, 15) is 0 Å². The third-order valence-corrected chi connectivity index (χ3v) is 1.64. The third-order valence-electron chi connectivity index (χ3n) is 1.64. The van der Waals surface area contributed by atoms with Gasteiger partial charge in [0.25, 0.3) is 0 Å². The van der Waals surface area contributed by atoms with E-state index in [2.05, 4.69) is 4.99 Å². The Morgan fingerprint density at radius 3 is 2.83 bits per heavy atom. The molecule has 0 spiro atoms. The van der Waals surface area contributed by atoms with Gasteiger partial charge in [0.1, 0.15) is 0 Å². The lowest BCUT2D eigenvalue weighted by Crippen LogP contribution is -2.08. The quantitative estimate of drug-likeness (QED) is 0.526. The fourth-order valence-corrected chi connectivity index (χ4v) is 0.942. The van der Waals surface area contributed by atoms with Crippen LogP contribution >= 0.6 is 0 Å². The van der Waals surface area contributed by atoms with Crippen LogP contribution in [0.3, 0.4) is 0 Å². The molecule has 0 aliphatic heterocycles. The topological polar surface area (TPSA) is 38.4 Å². The van der Waals surface area contributed by atoms with Gasteiger partial charge in [0.2, 0.25) is 0 Å². The summed E-state index contributed by atoms with van der Waals surface area (Å²) in [6.45, 7) is 4.04.